The Morgan fingerprint density at radius 2 is 1.94 bits per heavy atom. The van der Waals surface area contributed by atoms with Crippen LogP contribution in [0.3, 0.4) is 0 Å². The van der Waals surface area contributed by atoms with Crippen molar-refractivity contribution in [3.63, 3.8) is 0 Å². The van der Waals surface area contributed by atoms with Crippen LogP contribution in [0.1, 0.15) is 40.0 Å². The van der Waals surface area contributed by atoms with Gasteiger partial charge in [-0.15, -0.1) is 0 Å². The van der Waals surface area contributed by atoms with E-state index in [2.05, 4.69) is 24.5 Å². The molecule has 1 atom stereocenters. The number of carbonyl (C=O) groups is 2. The first-order valence-corrected chi connectivity index (χ1v) is 6.64. The van der Waals surface area contributed by atoms with Crippen LogP contribution in [0.15, 0.2) is 0 Å². The molecule has 1 unspecified atom stereocenters. The highest BCUT2D eigenvalue weighted by Crippen LogP contribution is 2.14. The van der Waals surface area contributed by atoms with Gasteiger partial charge in [0.15, 0.2) is 0 Å². The maximum Gasteiger partial charge on any atom is 0.303 e. The van der Waals surface area contributed by atoms with Crippen molar-refractivity contribution in [2.24, 2.45) is 11.8 Å². The second-order valence-corrected chi connectivity index (χ2v) is 5.00. The minimum absolute atomic E-state index is 0.0184. The van der Waals surface area contributed by atoms with Crippen molar-refractivity contribution < 1.29 is 14.7 Å². The number of amides is 1. The third kappa shape index (κ3) is 10.1. The minimum Gasteiger partial charge on any atom is -0.481 e. The number of carbonyl (C=O) groups excluding carboxylic acids is 1. The number of nitrogens with one attached hydrogen (secondary N) is 2. The van der Waals surface area contributed by atoms with Crippen LogP contribution in [0.5, 0.6) is 0 Å². The first-order chi connectivity index (χ1) is 8.45. The maximum atomic E-state index is 11.5. The van der Waals surface area contributed by atoms with E-state index in [0.717, 1.165) is 13.0 Å². The smallest absolute Gasteiger partial charge is 0.303 e. The first kappa shape index (κ1) is 16.9. The van der Waals surface area contributed by atoms with Gasteiger partial charge in [0.25, 0.3) is 0 Å². The van der Waals surface area contributed by atoms with Crippen LogP contribution in [-0.2, 0) is 9.59 Å². The SMILES string of the molecule is CCNCCC(=O)NCC(CC(=O)O)CC(C)C. The van der Waals surface area contributed by atoms with Crippen molar-refractivity contribution in [1.82, 2.24) is 10.6 Å². The Balaban J connectivity index is 3.93. The van der Waals surface area contributed by atoms with E-state index in [9.17, 15) is 9.59 Å². The van der Waals surface area contributed by atoms with Crippen molar-refractivity contribution >= 4 is 11.9 Å². The van der Waals surface area contributed by atoms with Crippen LogP contribution < -0.4 is 10.6 Å². The minimum atomic E-state index is -0.803. The van der Waals surface area contributed by atoms with Gasteiger partial charge in [-0.25, -0.2) is 0 Å². The molecule has 0 heterocycles. The van der Waals surface area contributed by atoms with Crippen LogP contribution in [0.4, 0.5) is 0 Å². The van der Waals surface area contributed by atoms with Gasteiger partial charge in [-0.2, -0.15) is 0 Å². The van der Waals surface area contributed by atoms with E-state index >= 15 is 0 Å². The summed E-state index contributed by atoms with van der Waals surface area (Å²) in [4.78, 5) is 22.2. The third-order valence-corrected chi connectivity index (χ3v) is 2.63. The number of hydrogen-bond acceptors (Lipinski definition) is 3. The van der Waals surface area contributed by atoms with Crippen LogP contribution in [0.25, 0.3) is 0 Å². The number of aliphatic carboxylic acids is 1. The van der Waals surface area contributed by atoms with Crippen molar-refractivity contribution in [2.75, 3.05) is 19.6 Å². The average Bonchev–Trinajstić information content (AvgIpc) is 2.25. The monoisotopic (exact) mass is 258 g/mol. The Morgan fingerprint density at radius 1 is 1.28 bits per heavy atom. The van der Waals surface area contributed by atoms with Crippen molar-refractivity contribution in [3.05, 3.63) is 0 Å². The van der Waals surface area contributed by atoms with Crippen molar-refractivity contribution in [3.8, 4) is 0 Å². The Labute approximate surface area is 109 Å². The Hall–Kier alpha value is -1.10. The predicted molar refractivity (Wildman–Crippen MR) is 71.4 cm³/mol. The van der Waals surface area contributed by atoms with E-state index < -0.39 is 5.97 Å². The summed E-state index contributed by atoms with van der Waals surface area (Å²) in [6, 6.07) is 0. The lowest BCUT2D eigenvalue weighted by Crippen LogP contribution is -2.32. The molecule has 0 aromatic carbocycles. The fourth-order valence-corrected chi connectivity index (χ4v) is 1.88. The Kier molecular flexibility index (Phi) is 9.28. The van der Waals surface area contributed by atoms with Gasteiger partial charge in [0.05, 0.1) is 0 Å². The van der Waals surface area contributed by atoms with E-state index in [4.69, 9.17) is 5.11 Å². The van der Waals surface area contributed by atoms with E-state index in [1.54, 1.807) is 0 Å². The summed E-state index contributed by atoms with van der Waals surface area (Å²) in [5.74, 6) is -0.365. The second kappa shape index (κ2) is 9.88. The van der Waals surface area contributed by atoms with Gasteiger partial charge in [0.2, 0.25) is 5.91 Å². The molecule has 0 fully saturated rings. The lowest BCUT2D eigenvalue weighted by molar-refractivity contribution is -0.138. The summed E-state index contributed by atoms with van der Waals surface area (Å²) in [7, 11) is 0. The average molecular weight is 258 g/mol. The standard InChI is InChI=1S/C13H26N2O3/c1-4-14-6-5-12(16)15-9-11(7-10(2)3)8-13(17)18/h10-11,14H,4-9H2,1-3H3,(H,15,16)(H,17,18). The molecular weight excluding hydrogens is 232 g/mol. The highest BCUT2D eigenvalue weighted by Gasteiger charge is 2.15. The Bertz CT molecular complexity index is 255. The van der Waals surface area contributed by atoms with Gasteiger partial charge in [-0.3, -0.25) is 9.59 Å². The Morgan fingerprint density at radius 3 is 2.44 bits per heavy atom. The zero-order valence-corrected chi connectivity index (χ0v) is 11.7. The van der Waals surface area contributed by atoms with Gasteiger partial charge >= 0.3 is 5.97 Å². The molecule has 0 aliphatic carbocycles. The van der Waals surface area contributed by atoms with E-state index in [1.807, 2.05) is 6.92 Å². The summed E-state index contributed by atoms with van der Waals surface area (Å²) in [6.07, 6.45) is 1.38. The molecule has 0 saturated heterocycles. The summed E-state index contributed by atoms with van der Waals surface area (Å²) in [5.41, 5.74) is 0. The molecule has 1 amide bonds. The normalized spacial score (nSPS) is 12.4. The van der Waals surface area contributed by atoms with E-state index in [1.165, 1.54) is 0 Å². The van der Waals surface area contributed by atoms with Gasteiger partial charge in [-0.1, -0.05) is 20.8 Å². The molecule has 0 rings (SSSR count). The highest BCUT2D eigenvalue weighted by atomic mass is 16.4. The molecule has 0 aliphatic heterocycles. The zero-order valence-electron chi connectivity index (χ0n) is 11.7. The van der Waals surface area contributed by atoms with Gasteiger partial charge in [-0.05, 0) is 24.8 Å². The van der Waals surface area contributed by atoms with Crippen molar-refractivity contribution in [1.29, 1.82) is 0 Å². The molecule has 5 nitrogen and oxygen atoms in total. The molecule has 18 heavy (non-hydrogen) atoms. The molecular formula is C13H26N2O3. The van der Waals surface area contributed by atoms with Gasteiger partial charge in [0.1, 0.15) is 0 Å². The van der Waals surface area contributed by atoms with Crippen molar-refractivity contribution in [2.45, 2.75) is 40.0 Å². The molecule has 0 aromatic rings. The summed E-state index contributed by atoms with van der Waals surface area (Å²) in [6.45, 7) is 8.07. The van der Waals surface area contributed by atoms with Crippen LogP contribution in [-0.4, -0.2) is 36.6 Å². The predicted octanol–water partition coefficient (Wildman–Crippen LogP) is 1.24. The fourth-order valence-electron chi connectivity index (χ4n) is 1.88. The molecule has 5 heteroatoms. The van der Waals surface area contributed by atoms with E-state index in [0.29, 0.717) is 25.4 Å². The summed E-state index contributed by atoms with van der Waals surface area (Å²) in [5, 5.41) is 14.7. The molecule has 106 valence electrons. The number of carboxylic acids is 1. The molecule has 0 radical (unpaired) electrons. The topological polar surface area (TPSA) is 78.4 Å². The molecule has 0 aromatic heterocycles. The zero-order chi connectivity index (χ0) is 14.0. The largest absolute Gasteiger partial charge is 0.481 e. The lowest BCUT2D eigenvalue weighted by atomic mass is 9.94. The number of carboxylic acid groups (broad SMARTS) is 1. The first-order valence-electron chi connectivity index (χ1n) is 6.64. The van der Waals surface area contributed by atoms with E-state index in [-0.39, 0.29) is 18.2 Å². The molecule has 0 spiro atoms. The second-order valence-electron chi connectivity index (χ2n) is 5.00. The lowest BCUT2D eigenvalue weighted by Gasteiger charge is -2.17. The maximum absolute atomic E-state index is 11.5. The molecule has 0 bridgehead atoms. The molecule has 0 saturated carbocycles. The van der Waals surface area contributed by atoms with Gasteiger partial charge < -0.3 is 15.7 Å². The summed E-state index contributed by atoms with van der Waals surface area (Å²) >= 11 is 0. The molecule has 0 aliphatic rings. The fraction of sp³-hybridized carbons (Fsp3) is 0.846. The van der Waals surface area contributed by atoms with Crippen LogP contribution in [0, 0.1) is 11.8 Å². The van der Waals surface area contributed by atoms with Gasteiger partial charge in [0, 0.05) is 25.9 Å². The van der Waals surface area contributed by atoms with Crippen LogP contribution in [0.2, 0.25) is 0 Å². The number of hydrogen-bond donors (Lipinski definition) is 3. The number of rotatable bonds is 10. The highest BCUT2D eigenvalue weighted by molar-refractivity contribution is 5.76. The van der Waals surface area contributed by atoms with Crippen LogP contribution >= 0.6 is 0 Å². The quantitative estimate of drug-likeness (QED) is 0.515. The third-order valence-electron chi connectivity index (χ3n) is 2.63. The molecule has 3 N–H and O–H groups in total. The summed E-state index contributed by atoms with van der Waals surface area (Å²) < 4.78 is 0.